The van der Waals surface area contributed by atoms with Crippen LogP contribution in [0, 0.1) is 12.0 Å². The summed E-state index contributed by atoms with van der Waals surface area (Å²) in [5.74, 6) is 0.470. The van der Waals surface area contributed by atoms with Gasteiger partial charge in [0.25, 0.3) is 12.1 Å². The van der Waals surface area contributed by atoms with Gasteiger partial charge >= 0.3 is 62.1 Å². The van der Waals surface area contributed by atoms with Crippen LogP contribution in [0.3, 0.4) is 0 Å². The molecule has 94 valence electrons. The second-order valence-electron chi connectivity index (χ2n) is 3.46. The normalized spacial score (nSPS) is 15.7. The molecule has 0 radical (unpaired) electrons. The molecule has 0 fully saturated rings. The summed E-state index contributed by atoms with van der Waals surface area (Å²) >= 11 is 0. The minimum atomic E-state index is -5.42. The van der Waals surface area contributed by atoms with Crippen molar-refractivity contribution in [2.45, 2.75) is 33.7 Å². The number of nitrogens with zero attached hydrogens (tertiary/aromatic N) is 1. The van der Waals surface area contributed by atoms with Crippen molar-refractivity contribution >= 4 is 62.1 Å². The van der Waals surface area contributed by atoms with E-state index in [1.54, 1.807) is 0 Å². The zero-order chi connectivity index (χ0) is 13.0. The van der Waals surface area contributed by atoms with Gasteiger partial charge < -0.3 is 0 Å². The molecule has 0 aliphatic carbocycles. The third kappa shape index (κ3) is 63.8. The van der Waals surface area contributed by atoms with E-state index in [4.69, 9.17) is 53.0 Å². The predicted octanol–water partition coefficient (Wildman–Crippen LogP) is 6.14. The summed E-state index contributed by atoms with van der Waals surface area (Å²) in [6.07, 6.45) is 0. The van der Waals surface area contributed by atoms with E-state index < -0.39 is 9.14 Å². The summed E-state index contributed by atoms with van der Waals surface area (Å²) in [5, 5.41) is 0. The summed E-state index contributed by atoms with van der Waals surface area (Å²) < 4.78 is 0. The molecule has 0 rings (SSSR count). The van der Waals surface area contributed by atoms with Crippen LogP contribution in [0.25, 0.3) is 4.85 Å². The predicted molar refractivity (Wildman–Crippen MR) is 78.1 cm³/mol. The molecule has 1 nitrogen and oxygen atoms in total. The Kier molecular flexibility index (Phi) is 7.49. The van der Waals surface area contributed by atoms with Crippen LogP contribution in [0.5, 0.6) is 0 Å². The zero-order valence-electron chi connectivity index (χ0n) is 8.82. The maximum absolute atomic E-state index is 5.42. The van der Waals surface area contributed by atoms with Crippen molar-refractivity contribution in [3.8, 4) is 6.07 Å². The van der Waals surface area contributed by atoms with Gasteiger partial charge in [0.1, 0.15) is 0 Å². The average Bonchev–Trinajstić information content (AvgIpc) is 1.75. The number of hydrogen-bond acceptors (Lipinski definition) is 0. The first-order chi connectivity index (χ1) is 6.08. The van der Waals surface area contributed by atoms with Gasteiger partial charge in [0, 0.05) is 13.8 Å². The molecule has 15 heavy (non-hydrogen) atoms. The third-order valence-corrected chi connectivity index (χ3v) is 0.591. The summed E-state index contributed by atoms with van der Waals surface area (Å²) in [7, 11) is 25.0. The van der Waals surface area contributed by atoms with Crippen molar-refractivity contribution < 1.29 is 0 Å². The van der Waals surface area contributed by atoms with Crippen molar-refractivity contribution in [2.75, 3.05) is 0 Å². The molecule has 0 aliphatic rings. The van der Waals surface area contributed by atoms with Crippen LogP contribution in [-0.2, 0) is 0 Å². The molecule has 0 aliphatic heterocycles. The van der Waals surface area contributed by atoms with Gasteiger partial charge in [-0.3, -0.25) is 0 Å². The maximum atomic E-state index is 5.06. The van der Waals surface area contributed by atoms with Crippen LogP contribution in [-0.4, -0.2) is 15.2 Å². The second kappa shape index (κ2) is 5.79. The van der Waals surface area contributed by atoms with E-state index in [-0.39, 0.29) is 0 Å². The van der Waals surface area contributed by atoms with E-state index in [2.05, 4.69) is 38.6 Å². The topological polar surface area (TPSA) is 4.36 Å². The molecule has 8 heteroatoms. The SMILES string of the molecule is CC(C)C#[N+]C(C)C.[Cl][Sb-]([Cl])([Cl])([Cl])([Cl])[Cl]. The Morgan fingerprint density at radius 3 is 1.20 bits per heavy atom. The van der Waals surface area contributed by atoms with Crippen molar-refractivity contribution in [1.82, 2.24) is 0 Å². The first kappa shape index (κ1) is 19.4. The Hall–Kier alpha value is 2.05. The van der Waals surface area contributed by atoms with Crippen molar-refractivity contribution in [3.05, 3.63) is 4.85 Å². The van der Waals surface area contributed by atoms with Crippen LogP contribution in [0.1, 0.15) is 27.7 Å². The molecule has 0 spiro atoms. The number of hydrogen-bond donors (Lipinski definition) is 0. The van der Waals surface area contributed by atoms with E-state index in [0.717, 1.165) is 0 Å². The van der Waals surface area contributed by atoms with E-state index in [9.17, 15) is 0 Å². The van der Waals surface area contributed by atoms with E-state index in [1.165, 1.54) is 0 Å². The molecule has 0 heterocycles. The van der Waals surface area contributed by atoms with Crippen LogP contribution < -0.4 is 0 Å². The Morgan fingerprint density at radius 2 is 1.13 bits per heavy atom. The van der Waals surface area contributed by atoms with Gasteiger partial charge in [0.2, 0.25) is 0 Å². The van der Waals surface area contributed by atoms with Gasteiger partial charge in [0.05, 0.1) is 5.92 Å². The fourth-order valence-corrected chi connectivity index (χ4v) is 0.298. The quantitative estimate of drug-likeness (QED) is 0.394. The van der Waals surface area contributed by atoms with Gasteiger partial charge in [-0.15, -0.1) is 0 Å². The minimum absolute atomic E-state index is 0.400. The number of rotatable bonds is 0. The molecule has 0 atom stereocenters. The van der Waals surface area contributed by atoms with Crippen LogP contribution in [0.15, 0.2) is 0 Å². The van der Waals surface area contributed by atoms with E-state index >= 15 is 0 Å². The van der Waals surface area contributed by atoms with E-state index in [0.29, 0.717) is 12.0 Å². The molecule has 0 aromatic rings. The van der Waals surface area contributed by atoms with Crippen molar-refractivity contribution in [2.24, 2.45) is 5.92 Å². The van der Waals surface area contributed by atoms with Gasteiger partial charge in [-0.1, -0.05) is 4.85 Å². The molecule has 0 bridgehead atoms. The average molecular weight is 447 g/mol. The van der Waals surface area contributed by atoms with Crippen LogP contribution in [0.4, 0.5) is 0 Å². The summed E-state index contributed by atoms with van der Waals surface area (Å²) in [6, 6.07) is 3.37. The second-order valence-corrected chi connectivity index (χ2v) is 60.4. The molecule has 0 saturated carbocycles. The Morgan fingerprint density at radius 1 is 0.867 bits per heavy atom. The van der Waals surface area contributed by atoms with Gasteiger partial charge in [-0.25, -0.2) is 0 Å². The van der Waals surface area contributed by atoms with Gasteiger partial charge in [-0.05, 0) is 13.8 Å². The van der Waals surface area contributed by atoms with Crippen molar-refractivity contribution in [1.29, 1.82) is 0 Å². The molecule has 0 saturated heterocycles. The first-order valence-electron chi connectivity index (χ1n) is 4.09. The standard InChI is InChI=1S/C7H14N.6ClH.Sb/c1-6(2)5-8-7(3)4;;;;;;;/h6-7H,1-4H3;6*1H;/q+1;;;;;;;+5/p-6. The molecule has 0 aromatic heterocycles. The fraction of sp³-hybridized carbons (Fsp3) is 0.857. The van der Waals surface area contributed by atoms with E-state index in [1.807, 2.05) is 0 Å². The molecular formula is C7H14Cl6NSb. The third-order valence-electron chi connectivity index (χ3n) is 0.591. The number of halogens is 6. The van der Waals surface area contributed by atoms with Crippen LogP contribution in [0.2, 0.25) is 0 Å². The first-order valence-corrected chi connectivity index (χ1v) is 23.5. The fourth-order valence-electron chi connectivity index (χ4n) is 0.298. The van der Waals surface area contributed by atoms with Gasteiger partial charge in [-0.2, -0.15) is 0 Å². The summed E-state index contributed by atoms with van der Waals surface area (Å²) in [6.45, 7) is 8.25. The zero-order valence-corrected chi connectivity index (χ0v) is 15.9. The Balaban J connectivity index is 0. The Bertz CT molecular complexity index is 229. The summed E-state index contributed by atoms with van der Waals surface area (Å²) in [5.41, 5.74) is 0. The van der Waals surface area contributed by atoms with Crippen molar-refractivity contribution in [3.63, 3.8) is 0 Å². The molecule has 0 N–H and O–H groups in total. The summed E-state index contributed by atoms with van der Waals surface area (Å²) in [4.78, 5) is 4.07. The molecule has 0 amide bonds. The van der Waals surface area contributed by atoms with Crippen LogP contribution >= 0.6 is 53.0 Å². The molecular weight excluding hydrogens is 433 g/mol. The monoisotopic (exact) mass is 443 g/mol. The molecule has 0 aromatic carbocycles. The molecule has 0 unspecified atom stereocenters. The van der Waals surface area contributed by atoms with Gasteiger partial charge in [0.15, 0.2) is 0 Å². The Labute approximate surface area is 111 Å².